The monoisotopic (exact) mass is 373 g/mol. The standard InChI is InChI=1S/C18H31N3O3.ClH/c19-18(6-12-24-13-7-18)17(23)21-9-3-8-20(10-11-21)16(22)14-15-4-1-2-5-15;/h15H,1-14,19H2;1H. The van der Waals surface area contributed by atoms with Gasteiger partial charge in [0.1, 0.15) is 0 Å². The second-order valence-corrected chi connectivity index (χ2v) is 7.65. The predicted molar refractivity (Wildman–Crippen MR) is 98.6 cm³/mol. The Hall–Kier alpha value is -0.850. The Morgan fingerprint density at radius 3 is 2.24 bits per heavy atom. The largest absolute Gasteiger partial charge is 0.381 e. The van der Waals surface area contributed by atoms with Crippen molar-refractivity contribution in [1.82, 2.24) is 9.80 Å². The highest BCUT2D eigenvalue weighted by Gasteiger charge is 2.39. The molecule has 6 nitrogen and oxygen atoms in total. The van der Waals surface area contributed by atoms with E-state index in [9.17, 15) is 9.59 Å². The molecule has 0 spiro atoms. The van der Waals surface area contributed by atoms with Gasteiger partial charge in [0.15, 0.2) is 0 Å². The summed E-state index contributed by atoms with van der Waals surface area (Å²) in [5.74, 6) is 0.883. The van der Waals surface area contributed by atoms with Gasteiger partial charge in [-0.05, 0) is 38.0 Å². The number of amides is 2. The van der Waals surface area contributed by atoms with Gasteiger partial charge >= 0.3 is 0 Å². The number of hydrogen-bond donors (Lipinski definition) is 1. The van der Waals surface area contributed by atoms with Gasteiger partial charge in [-0.25, -0.2) is 0 Å². The predicted octanol–water partition coefficient (Wildman–Crippen LogP) is 1.56. The molecule has 0 atom stereocenters. The van der Waals surface area contributed by atoms with Gasteiger partial charge in [0.25, 0.3) is 0 Å². The van der Waals surface area contributed by atoms with E-state index >= 15 is 0 Å². The van der Waals surface area contributed by atoms with Crippen LogP contribution >= 0.6 is 12.4 Å². The van der Waals surface area contributed by atoms with Crippen molar-refractivity contribution in [3.8, 4) is 0 Å². The maximum Gasteiger partial charge on any atom is 0.242 e. The lowest BCUT2D eigenvalue weighted by Gasteiger charge is -2.36. The van der Waals surface area contributed by atoms with Crippen molar-refractivity contribution in [2.24, 2.45) is 11.7 Å². The molecule has 3 fully saturated rings. The molecule has 1 saturated carbocycles. The van der Waals surface area contributed by atoms with Crippen molar-refractivity contribution in [3.05, 3.63) is 0 Å². The minimum absolute atomic E-state index is 0. The van der Waals surface area contributed by atoms with E-state index in [1.54, 1.807) is 0 Å². The van der Waals surface area contributed by atoms with Crippen LogP contribution in [-0.4, -0.2) is 66.5 Å². The minimum Gasteiger partial charge on any atom is -0.381 e. The van der Waals surface area contributed by atoms with E-state index in [2.05, 4.69) is 0 Å². The number of carbonyl (C=O) groups excluding carboxylic acids is 2. The lowest BCUT2D eigenvalue weighted by molar-refractivity contribution is -0.141. The highest BCUT2D eigenvalue weighted by Crippen LogP contribution is 2.28. The zero-order valence-corrected chi connectivity index (χ0v) is 15.9. The molecule has 7 heteroatoms. The molecule has 0 radical (unpaired) electrons. The normalized spacial score (nSPS) is 24.5. The summed E-state index contributed by atoms with van der Waals surface area (Å²) in [7, 11) is 0. The Morgan fingerprint density at radius 2 is 1.56 bits per heavy atom. The Balaban J connectivity index is 0.00000225. The second kappa shape index (κ2) is 9.19. The van der Waals surface area contributed by atoms with Gasteiger partial charge in [0, 0.05) is 45.8 Å². The molecule has 2 aliphatic heterocycles. The fourth-order valence-corrected chi connectivity index (χ4v) is 4.22. The summed E-state index contributed by atoms with van der Waals surface area (Å²) in [5, 5.41) is 0. The van der Waals surface area contributed by atoms with Crippen LogP contribution in [-0.2, 0) is 14.3 Å². The van der Waals surface area contributed by atoms with Crippen molar-refractivity contribution >= 4 is 24.2 Å². The molecule has 0 unspecified atom stereocenters. The highest BCUT2D eigenvalue weighted by atomic mass is 35.5. The summed E-state index contributed by atoms with van der Waals surface area (Å²) in [6, 6.07) is 0. The Bertz CT molecular complexity index is 462. The van der Waals surface area contributed by atoms with E-state index in [4.69, 9.17) is 10.5 Å². The Kier molecular flexibility index (Phi) is 7.52. The molecule has 0 aromatic carbocycles. The molecule has 1 aliphatic carbocycles. The summed E-state index contributed by atoms with van der Waals surface area (Å²) in [5.41, 5.74) is 5.56. The molecule has 2 N–H and O–H groups in total. The minimum atomic E-state index is -0.777. The SMILES string of the molecule is Cl.NC1(C(=O)N2CCCN(C(=O)CC3CCCC3)CC2)CCOCC1. The first-order valence-electron chi connectivity index (χ1n) is 9.52. The van der Waals surface area contributed by atoms with Crippen LogP contribution in [0.1, 0.15) is 51.4 Å². The van der Waals surface area contributed by atoms with Crippen molar-refractivity contribution < 1.29 is 14.3 Å². The van der Waals surface area contributed by atoms with Gasteiger partial charge in [-0.15, -0.1) is 12.4 Å². The Morgan fingerprint density at radius 1 is 0.960 bits per heavy atom. The molecule has 2 heterocycles. The van der Waals surface area contributed by atoms with Crippen molar-refractivity contribution in [2.45, 2.75) is 56.9 Å². The fraction of sp³-hybridized carbons (Fsp3) is 0.889. The molecule has 144 valence electrons. The van der Waals surface area contributed by atoms with Crippen molar-refractivity contribution in [3.63, 3.8) is 0 Å². The average Bonchev–Trinajstić information content (AvgIpc) is 2.96. The zero-order chi connectivity index (χ0) is 17.0. The van der Waals surface area contributed by atoms with E-state index in [1.165, 1.54) is 25.7 Å². The van der Waals surface area contributed by atoms with Gasteiger partial charge in [-0.1, -0.05) is 12.8 Å². The first-order valence-corrected chi connectivity index (χ1v) is 9.52. The van der Waals surface area contributed by atoms with E-state index < -0.39 is 5.54 Å². The number of nitrogens with two attached hydrogens (primary N) is 1. The topological polar surface area (TPSA) is 75.9 Å². The number of carbonyl (C=O) groups is 2. The van der Waals surface area contributed by atoms with Gasteiger partial charge in [0.05, 0.1) is 5.54 Å². The Labute approximate surface area is 156 Å². The van der Waals surface area contributed by atoms with Gasteiger partial charge in [0.2, 0.25) is 11.8 Å². The molecule has 25 heavy (non-hydrogen) atoms. The zero-order valence-electron chi connectivity index (χ0n) is 15.1. The summed E-state index contributed by atoms with van der Waals surface area (Å²) in [6.45, 7) is 3.82. The first-order chi connectivity index (χ1) is 11.6. The van der Waals surface area contributed by atoms with Crippen LogP contribution in [0, 0.1) is 5.92 Å². The molecule has 2 amide bonds. The molecule has 0 aromatic rings. The third kappa shape index (κ3) is 5.08. The lowest BCUT2D eigenvalue weighted by Crippen LogP contribution is -2.58. The molecule has 2 saturated heterocycles. The summed E-state index contributed by atoms with van der Waals surface area (Å²) >= 11 is 0. The van der Waals surface area contributed by atoms with E-state index in [0.717, 1.165) is 13.0 Å². The molecule has 0 aromatic heterocycles. The van der Waals surface area contributed by atoms with Gasteiger partial charge in [-0.3, -0.25) is 9.59 Å². The van der Waals surface area contributed by atoms with Crippen LogP contribution < -0.4 is 5.73 Å². The van der Waals surface area contributed by atoms with Gasteiger partial charge < -0.3 is 20.3 Å². The van der Waals surface area contributed by atoms with Crippen LogP contribution in [0.15, 0.2) is 0 Å². The molecule has 3 aliphatic rings. The quantitative estimate of drug-likeness (QED) is 0.814. The van der Waals surface area contributed by atoms with Gasteiger partial charge in [-0.2, -0.15) is 0 Å². The van der Waals surface area contributed by atoms with Crippen LogP contribution in [0.2, 0.25) is 0 Å². The number of halogens is 1. The third-order valence-electron chi connectivity index (χ3n) is 5.88. The van der Waals surface area contributed by atoms with E-state index in [0.29, 0.717) is 58.0 Å². The van der Waals surface area contributed by atoms with Crippen LogP contribution in [0.3, 0.4) is 0 Å². The number of rotatable bonds is 3. The second-order valence-electron chi connectivity index (χ2n) is 7.65. The average molecular weight is 374 g/mol. The van der Waals surface area contributed by atoms with E-state index in [1.807, 2.05) is 9.80 Å². The summed E-state index contributed by atoms with van der Waals surface area (Å²) in [6.07, 6.45) is 7.63. The summed E-state index contributed by atoms with van der Waals surface area (Å²) < 4.78 is 5.34. The molecular formula is C18H32ClN3O3. The number of nitrogens with zero attached hydrogens (tertiary/aromatic N) is 2. The highest BCUT2D eigenvalue weighted by molar-refractivity contribution is 5.86. The lowest BCUT2D eigenvalue weighted by atomic mass is 9.89. The number of ether oxygens (including phenoxy) is 1. The first kappa shape index (κ1) is 20.5. The maximum atomic E-state index is 12.8. The molecular weight excluding hydrogens is 342 g/mol. The van der Waals surface area contributed by atoms with Crippen molar-refractivity contribution in [1.29, 1.82) is 0 Å². The van der Waals surface area contributed by atoms with Crippen LogP contribution in [0.5, 0.6) is 0 Å². The van der Waals surface area contributed by atoms with E-state index in [-0.39, 0.29) is 24.2 Å². The smallest absolute Gasteiger partial charge is 0.242 e. The van der Waals surface area contributed by atoms with Crippen molar-refractivity contribution in [2.75, 3.05) is 39.4 Å². The van der Waals surface area contributed by atoms with Crippen LogP contribution in [0.4, 0.5) is 0 Å². The number of hydrogen-bond acceptors (Lipinski definition) is 4. The van der Waals surface area contributed by atoms with Crippen LogP contribution in [0.25, 0.3) is 0 Å². The fourth-order valence-electron chi connectivity index (χ4n) is 4.22. The molecule has 0 bridgehead atoms. The third-order valence-corrected chi connectivity index (χ3v) is 5.88. The maximum absolute atomic E-state index is 12.8. The summed E-state index contributed by atoms with van der Waals surface area (Å²) in [4.78, 5) is 29.2. The molecule has 3 rings (SSSR count).